The highest BCUT2D eigenvalue weighted by molar-refractivity contribution is 7.10. The molecular weight excluding hydrogens is 440 g/mol. The summed E-state index contributed by atoms with van der Waals surface area (Å²) in [5.74, 6) is 1.13. The first-order chi connectivity index (χ1) is 16.2. The van der Waals surface area contributed by atoms with Crippen molar-refractivity contribution < 1.29 is 14.6 Å². The number of anilines is 2. The molecule has 10 heteroatoms. The normalized spacial score (nSPS) is 22.0. The molecule has 4 heterocycles. The van der Waals surface area contributed by atoms with E-state index in [1.165, 1.54) is 11.5 Å². The summed E-state index contributed by atoms with van der Waals surface area (Å²) < 4.78 is 18.5. The number of aliphatic hydroxyl groups is 1. The minimum Gasteiger partial charge on any atom is -0.473 e. The standard InChI is InChI=1S/C23H32N6O3S/c1-16-15-20(33-27-16)25-23-24-19-7-9-29(8-2-12-30)21(19)22(26-23)32-18-5-3-17(4-6-18)28-10-13-31-14-11-28/h7,9,15,17-18,30H,2-6,8,10-14H2,1H3,(H,24,25,26)/t17-,18-. The summed E-state index contributed by atoms with van der Waals surface area (Å²) in [5.41, 5.74) is 2.70. The molecule has 1 saturated carbocycles. The lowest BCUT2D eigenvalue weighted by atomic mass is 9.91. The molecule has 2 aliphatic rings. The van der Waals surface area contributed by atoms with Gasteiger partial charge in [0, 0.05) is 38.5 Å². The average Bonchev–Trinajstić information content (AvgIpc) is 3.44. The minimum absolute atomic E-state index is 0.139. The molecule has 178 valence electrons. The van der Waals surface area contributed by atoms with Gasteiger partial charge in [-0.1, -0.05) is 0 Å². The van der Waals surface area contributed by atoms with Crippen LogP contribution in [0.2, 0.25) is 0 Å². The number of nitrogens with one attached hydrogen (secondary N) is 1. The van der Waals surface area contributed by atoms with Crippen molar-refractivity contribution in [2.24, 2.45) is 0 Å². The Hall–Kier alpha value is -2.27. The van der Waals surface area contributed by atoms with Crippen LogP contribution in [0.5, 0.6) is 5.88 Å². The van der Waals surface area contributed by atoms with Crippen molar-refractivity contribution in [3.63, 3.8) is 0 Å². The number of nitrogens with zero attached hydrogens (tertiary/aromatic N) is 5. The summed E-state index contributed by atoms with van der Waals surface area (Å²) in [6, 6.07) is 4.59. The van der Waals surface area contributed by atoms with Crippen molar-refractivity contribution in [1.29, 1.82) is 0 Å². The molecule has 3 aromatic heterocycles. The van der Waals surface area contributed by atoms with E-state index in [2.05, 4.69) is 19.2 Å². The Bertz CT molecular complexity index is 1060. The number of aryl methyl sites for hydroxylation is 2. The Labute approximate surface area is 197 Å². The van der Waals surface area contributed by atoms with Crippen LogP contribution in [-0.4, -0.2) is 74.0 Å². The van der Waals surface area contributed by atoms with E-state index in [4.69, 9.17) is 19.4 Å². The second-order valence-corrected chi connectivity index (χ2v) is 9.63. The van der Waals surface area contributed by atoms with Crippen LogP contribution in [0.3, 0.4) is 0 Å². The first-order valence-electron chi connectivity index (χ1n) is 11.9. The highest BCUT2D eigenvalue weighted by Gasteiger charge is 2.29. The third-order valence-corrected chi connectivity index (χ3v) is 7.28. The maximum absolute atomic E-state index is 9.31. The molecule has 3 aromatic rings. The molecule has 0 aromatic carbocycles. The summed E-state index contributed by atoms with van der Waals surface area (Å²) in [4.78, 5) is 12.1. The zero-order valence-corrected chi connectivity index (χ0v) is 19.9. The molecule has 33 heavy (non-hydrogen) atoms. The van der Waals surface area contributed by atoms with Gasteiger partial charge in [0.15, 0.2) is 0 Å². The van der Waals surface area contributed by atoms with Crippen LogP contribution >= 0.6 is 11.5 Å². The molecule has 0 atom stereocenters. The van der Waals surface area contributed by atoms with Gasteiger partial charge in [-0.05, 0) is 62.7 Å². The number of aliphatic hydroxyl groups excluding tert-OH is 1. The lowest BCUT2D eigenvalue weighted by molar-refractivity contribution is -0.00127. The SMILES string of the molecule is Cc1cc(Nc2nc(O[C@H]3CC[C@H](N4CCOCC4)CC3)c3c(ccn3CCCO)n2)sn1. The molecule has 1 aliphatic heterocycles. The fourth-order valence-electron chi connectivity index (χ4n) is 4.80. The van der Waals surface area contributed by atoms with Gasteiger partial charge in [0.25, 0.3) is 0 Å². The molecule has 0 radical (unpaired) electrons. The number of hydrogen-bond acceptors (Lipinski definition) is 9. The van der Waals surface area contributed by atoms with Gasteiger partial charge >= 0.3 is 0 Å². The van der Waals surface area contributed by atoms with Crippen molar-refractivity contribution in [1.82, 2.24) is 23.8 Å². The number of aromatic nitrogens is 4. The van der Waals surface area contributed by atoms with E-state index in [1.807, 2.05) is 25.3 Å². The first-order valence-corrected chi connectivity index (χ1v) is 12.6. The van der Waals surface area contributed by atoms with Crippen LogP contribution in [-0.2, 0) is 11.3 Å². The van der Waals surface area contributed by atoms with Crippen molar-refractivity contribution >= 4 is 33.5 Å². The smallest absolute Gasteiger partial charge is 0.243 e. The third kappa shape index (κ3) is 5.29. The molecule has 1 aliphatic carbocycles. The zero-order valence-electron chi connectivity index (χ0n) is 19.1. The van der Waals surface area contributed by atoms with E-state index in [9.17, 15) is 5.11 Å². The van der Waals surface area contributed by atoms with Crippen LogP contribution < -0.4 is 10.1 Å². The highest BCUT2D eigenvalue weighted by Crippen LogP contribution is 2.32. The van der Waals surface area contributed by atoms with Crippen molar-refractivity contribution in [2.75, 3.05) is 38.2 Å². The van der Waals surface area contributed by atoms with Crippen molar-refractivity contribution in [2.45, 2.75) is 57.7 Å². The number of morpholine rings is 1. The Morgan fingerprint density at radius 2 is 2.03 bits per heavy atom. The maximum atomic E-state index is 9.31. The summed E-state index contributed by atoms with van der Waals surface area (Å²) in [7, 11) is 0. The zero-order chi connectivity index (χ0) is 22.6. The van der Waals surface area contributed by atoms with Gasteiger partial charge in [0.2, 0.25) is 11.8 Å². The van der Waals surface area contributed by atoms with Gasteiger partial charge < -0.3 is 24.5 Å². The van der Waals surface area contributed by atoms with Crippen LogP contribution in [0.15, 0.2) is 18.3 Å². The fraction of sp³-hybridized carbons (Fsp3) is 0.609. The summed E-state index contributed by atoms with van der Waals surface area (Å²) in [6.07, 6.45) is 7.11. The van der Waals surface area contributed by atoms with Gasteiger partial charge in [-0.25, -0.2) is 4.98 Å². The largest absolute Gasteiger partial charge is 0.473 e. The Morgan fingerprint density at radius 1 is 1.21 bits per heavy atom. The summed E-state index contributed by atoms with van der Waals surface area (Å²) in [6.45, 7) is 6.57. The number of hydrogen-bond donors (Lipinski definition) is 2. The fourth-order valence-corrected chi connectivity index (χ4v) is 5.45. The maximum Gasteiger partial charge on any atom is 0.243 e. The predicted octanol–water partition coefficient (Wildman–Crippen LogP) is 3.34. The molecule has 9 nitrogen and oxygen atoms in total. The topological polar surface area (TPSA) is 97.6 Å². The van der Waals surface area contributed by atoms with Crippen LogP contribution in [0.25, 0.3) is 11.0 Å². The molecule has 0 bridgehead atoms. The minimum atomic E-state index is 0.139. The molecule has 1 saturated heterocycles. The predicted molar refractivity (Wildman–Crippen MR) is 128 cm³/mol. The molecule has 5 rings (SSSR count). The lowest BCUT2D eigenvalue weighted by Gasteiger charge is -2.38. The molecule has 2 fully saturated rings. The van der Waals surface area contributed by atoms with Crippen molar-refractivity contribution in [3.8, 4) is 5.88 Å². The Morgan fingerprint density at radius 3 is 2.76 bits per heavy atom. The molecule has 0 amide bonds. The molecule has 0 unspecified atom stereocenters. The summed E-state index contributed by atoms with van der Waals surface area (Å²) in [5, 5.41) is 13.5. The van der Waals surface area contributed by atoms with E-state index in [1.54, 1.807) is 0 Å². The van der Waals surface area contributed by atoms with Gasteiger partial charge in [-0.3, -0.25) is 4.90 Å². The lowest BCUT2D eigenvalue weighted by Crippen LogP contribution is -2.46. The molecule has 2 N–H and O–H groups in total. The van der Waals surface area contributed by atoms with E-state index in [0.717, 1.165) is 73.7 Å². The molecular formula is C23H32N6O3S. The average molecular weight is 473 g/mol. The van der Waals surface area contributed by atoms with E-state index in [-0.39, 0.29) is 12.7 Å². The van der Waals surface area contributed by atoms with Gasteiger partial charge in [0.05, 0.1) is 24.4 Å². The van der Waals surface area contributed by atoms with Gasteiger partial charge in [0.1, 0.15) is 16.6 Å². The first kappa shape index (κ1) is 22.5. The van der Waals surface area contributed by atoms with E-state index < -0.39 is 0 Å². The van der Waals surface area contributed by atoms with Crippen LogP contribution in [0.1, 0.15) is 37.8 Å². The molecule has 0 spiro atoms. The second-order valence-electron chi connectivity index (χ2n) is 8.83. The quantitative estimate of drug-likeness (QED) is 0.515. The Balaban J connectivity index is 1.35. The number of fused-ring (bicyclic) bond motifs is 1. The van der Waals surface area contributed by atoms with Gasteiger partial charge in [-0.2, -0.15) is 9.36 Å². The van der Waals surface area contributed by atoms with Crippen LogP contribution in [0, 0.1) is 6.92 Å². The number of ether oxygens (including phenoxy) is 2. The third-order valence-electron chi connectivity index (χ3n) is 6.48. The Kier molecular flexibility index (Phi) is 7.05. The monoisotopic (exact) mass is 472 g/mol. The second kappa shape index (κ2) is 10.3. The summed E-state index contributed by atoms with van der Waals surface area (Å²) >= 11 is 1.39. The van der Waals surface area contributed by atoms with Crippen molar-refractivity contribution in [3.05, 3.63) is 24.0 Å². The van der Waals surface area contributed by atoms with E-state index in [0.29, 0.717) is 30.8 Å². The number of rotatable bonds is 8. The van der Waals surface area contributed by atoms with Crippen LogP contribution in [0.4, 0.5) is 10.9 Å². The van der Waals surface area contributed by atoms with E-state index >= 15 is 0 Å². The van der Waals surface area contributed by atoms with Gasteiger partial charge in [-0.15, -0.1) is 0 Å². The highest BCUT2D eigenvalue weighted by atomic mass is 32.1.